The Morgan fingerprint density at radius 2 is 2.29 bits per heavy atom. The second kappa shape index (κ2) is 6.07. The van der Waals surface area contributed by atoms with Crippen LogP contribution in [0, 0.1) is 0 Å². The van der Waals surface area contributed by atoms with Gasteiger partial charge in [-0.3, -0.25) is 9.89 Å². The molecule has 1 aromatic heterocycles. The van der Waals surface area contributed by atoms with Gasteiger partial charge in [0.05, 0.1) is 13.2 Å². The smallest absolute Gasteiger partial charge is 0.272 e. The normalized spacial score (nSPS) is 13.8. The molecule has 0 atom stereocenters. The van der Waals surface area contributed by atoms with Crippen LogP contribution in [0.25, 0.3) is 0 Å². The summed E-state index contributed by atoms with van der Waals surface area (Å²) in [6, 6.07) is 7.85. The van der Waals surface area contributed by atoms with Crippen LogP contribution < -0.4 is 11.1 Å². The molecule has 1 aliphatic heterocycles. The zero-order chi connectivity index (χ0) is 14.7. The number of rotatable bonds is 4. The summed E-state index contributed by atoms with van der Waals surface area (Å²) in [6.45, 7) is 2.06. The third-order valence-corrected chi connectivity index (χ3v) is 3.59. The molecule has 21 heavy (non-hydrogen) atoms. The molecule has 0 spiro atoms. The van der Waals surface area contributed by atoms with Gasteiger partial charge in [-0.1, -0.05) is 24.3 Å². The molecule has 6 heteroatoms. The molecule has 0 aliphatic carbocycles. The van der Waals surface area contributed by atoms with Crippen LogP contribution in [-0.2, 0) is 30.9 Å². The Bertz CT molecular complexity index is 651. The molecule has 0 bridgehead atoms. The quantitative estimate of drug-likeness (QED) is 0.777. The molecule has 0 unspecified atom stereocenters. The SMILES string of the molecule is NCc1cccc(CNC(=O)c2n[nH]c3c2COCC3)c1. The van der Waals surface area contributed by atoms with Gasteiger partial charge in [-0.25, -0.2) is 0 Å². The predicted octanol–water partition coefficient (Wildman–Crippen LogP) is 0.871. The molecule has 2 heterocycles. The minimum atomic E-state index is -0.184. The Morgan fingerprint density at radius 1 is 1.43 bits per heavy atom. The fraction of sp³-hybridized carbons (Fsp3) is 0.333. The first-order valence-electron chi connectivity index (χ1n) is 6.98. The third-order valence-electron chi connectivity index (χ3n) is 3.59. The molecule has 0 fully saturated rings. The van der Waals surface area contributed by atoms with Gasteiger partial charge in [0.25, 0.3) is 5.91 Å². The van der Waals surface area contributed by atoms with E-state index in [0.29, 0.717) is 32.0 Å². The number of nitrogens with one attached hydrogen (secondary N) is 2. The lowest BCUT2D eigenvalue weighted by Crippen LogP contribution is -2.25. The Morgan fingerprint density at radius 3 is 3.14 bits per heavy atom. The Balaban J connectivity index is 1.67. The fourth-order valence-electron chi connectivity index (χ4n) is 2.43. The highest BCUT2D eigenvalue weighted by molar-refractivity contribution is 5.93. The number of nitrogens with two attached hydrogens (primary N) is 1. The van der Waals surface area contributed by atoms with Crippen LogP contribution in [0.4, 0.5) is 0 Å². The summed E-state index contributed by atoms with van der Waals surface area (Å²) in [4.78, 5) is 12.2. The summed E-state index contributed by atoms with van der Waals surface area (Å²) in [7, 11) is 0. The van der Waals surface area contributed by atoms with E-state index in [9.17, 15) is 4.79 Å². The summed E-state index contributed by atoms with van der Waals surface area (Å²) in [5.41, 5.74) is 9.98. The lowest BCUT2D eigenvalue weighted by Gasteiger charge is -2.12. The summed E-state index contributed by atoms with van der Waals surface area (Å²) in [5, 5.41) is 9.91. The van der Waals surface area contributed by atoms with E-state index in [1.807, 2.05) is 24.3 Å². The van der Waals surface area contributed by atoms with E-state index < -0.39 is 0 Å². The zero-order valence-electron chi connectivity index (χ0n) is 11.7. The van der Waals surface area contributed by atoms with Crippen LogP contribution in [0.5, 0.6) is 0 Å². The van der Waals surface area contributed by atoms with Gasteiger partial charge in [-0.15, -0.1) is 0 Å². The van der Waals surface area contributed by atoms with E-state index in [4.69, 9.17) is 10.5 Å². The topological polar surface area (TPSA) is 93.0 Å². The second-order valence-corrected chi connectivity index (χ2v) is 5.04. The molecule has 0 radical (unpaired) electrons. The Labute approximate surface area is 122 Å². The van der Waals surface area contributed by atoms with Crippen molar-refractivity contribution in [1.29, 1.82) is 0 Å². The summed E-state index contributed by atoms with van der Waals surface area (Å²) in [6.07, 6.45) is 0.772. The monoisotopic (exact) mass is 286 g/mol. The highest BCUT2D eigenvalue weighted by atomic mass is 16.5. The standard InChI is InChI=1S/C15H18N4O2/c16-7-10-2-1-3-11(6-10)8-17-15(20)14-12-9-21-5-4-13(12)18-19-14/h1-3,6H,4-5,7-9,16H2,(H,17,20)(H,18,19). The molecule has 1 aromatic carbocycles. The maximum absolute atomic E-state index is 12.2. The number of benzene rings is 1. The first-order chi connectivity index (χ1) is 10.3. The average molecular weight is 286 g/mol. The van der Waals surface area contributed by atoms with E-state index in [1.54, 1.807) is 0 Å². The molecule has 2 aromatic rings. The molecule has 3 rings (SSSR count). The number of amides is 1. The Hall–Kier alpha value is -2.18. The van der Waals surface area contributed by atoms with Gasteiger partial charge in [0, 0.05) is 30.8 Å². The molecule has 1 aliphatic rings. The van der Waals surface area contributed by atoms with Gasteiger partial charge in [0.2, 0.25) is 0 Å². The van der Waals surface area contributed by atoms with E-state index in [1.165, 1.54) is 0 Å². The van der Waals surface area contributed by atoms with Gasteiger partial charge in [-0.2, -0.15) is 5.10 Å². The number of carbonyl (C=O) groups excluding carboxylic acids is 1. The van der Waals surface area contributed by atoms with Crippen molar-refractivity contribution in [2.24, 2.45) is 5.73 Å². The van der Waals surface area contributed by atoms with Crippen molar-refractivity contribution in [3.05, 3.63) is 52.3 Å². The molecule has 4 N–H and O–H groups in total. The highest BCUT2D eigenvalue weighted by Gasteiger charge is 2.21. The van der Waals surface area contributed by atoms with Crippen LogP contribution in [0.15, 0.2) is 24.3 Å². The van der Waals surface area contributed by atoms with Crippen LogP contribution in [-0.4, -0.2) is 22.7 Å². The first-order valence-corrected chi connectivity index (χ1v) is 6.98. The molecule has 1 amide bonds. The maximum Gasteiger partial charge on any atom is 0.272 e. The van der Waals surface area contributed by atoms with Gasteiger partial charge in [0.15, 0.2) is 5.69 Å². The summed E-state index contributed by atoms with van der Waals surface area (Å²) < 4.78 is 5.38. The lowest BCUT2D eigenvalue weighted by atomic mass is 10.1. The minimum absolute atomic E-state index is 0.184. The molecule has 0 saturated heterocycles. The number of aromatic nitrogens is 2. The Kier molecular flexibility index (Phi) is 3.98. The number of carbonyl (C=O) groups is 1. The number of hydrogen-bond acceptors (Lipinski definition) is 4. The largest absolute Gasteiger partial charge is 0.376 e. The van der Waals surface area contributed by atoms with Crippen molar-refractivity contribution in [2.45, 2.75) is 26.1 Å². The van der Waals surface area contributed by atoms with Gasteiger partial charge < -0.3 is 15.8 Å². The van der Waals surface area contributed by atoms with Crippen molar-refractivity contribution in [3.63, 3.8) is 0 Å². The van der Waals surface area contributed by atoms with Crippen molar-refractivity contribution < 1.29 is 9.53 Å². The van der Waals surface area contributed by atoms with Crippen LogP contribution in [0.3, 0.4) is 0 Å². The van der Waals surface area contributed by atoms with Crippen LogP contribution in [0.1, 0.15) is 32.9 Å². The zero-order valence-corrected chi connectivity index (χ0v) is 11.7. The highest BCUT2D eigenvalue weighted by Crippen LogP contribution is 2.18. The molecule has 6 nitrogen and oxygen atoms in total. The third kappa shape index (κ3) is 2.96. The van der Waals surface area contributed by atoms with Crippen LogP contribution in [0.2, 0.25) is 0 Å². The molecular weight excluding hydrogens is 268 g/mol. The van der Waals surface area contributed by atoms with Crippen molar-refractivity contribution in [1.82, 2.24) is 15.5 Å². The number of hydrogen-bond donors (Lipinski definition) is 3. The number of ether oxygens (including phenoxy) is 1. The van der Waals surface area contributed by atoms with E-state index in [-0.39, 0.29) is 5.91 Å². The van der Waals surface area contributed by atoms with Gasteiger partial charge in [0.1, 0.15) is 0 Å². The second-order valence-electron chi connectivity index (χ2n) is 5.04. The number of H-pyrrole nitrogens is 1. The number of fused-ring (bicyclic) bond motifs is 1. The average Bonchev–Trinajstić information content (AvgIpc) is 2.97. The van der Waals surface area contributed by atoms with Gasteiger partial charge >= 0.3 is 0 Å². The fourth-order valence-corrected chi connectivity index (χ4v) is 2.43. The van der Waals surface area contributed by atoms with Gasteiger partial charge in [-0.05, 0) is 11.1 Å². The maximum atomic E-state index is 12.2. The van der Waals surface area contributed by atoms with Crippen molar-refractivity contribution >= 4 is 5.91 Å². The first kappa shape index (κ1) is 13.8. The summed E-state index contributed by atoms with van der Waals surface area (Å²) >= 11 is 0. The lowest BCUT2D eigenvalue weighted by molar-refractivity contribution is 0.0922. The van der Waals surface area contributed by atoms with Crippen molar-refractivity contribution in [2.75, 3.05) is 6.61 Å². The molecule has 0 saturated carbocycles. The van der Waals surface area contributed by atoms with E-state index in [2.05, 4.69) is 15.5 Å². The number of nitrogens with zero attached hydrogens (tertiary/aromatic N) is 1. The van der Waals surface area contributed by atoms with E-state index in [0.717, 1.165) is 28.8 Å². The minimum Gasteiger partial charge on any atom is -0.376 e. The predicted molar refractivity (Wildman–Crippen MR) is 77.5 cm³/mol. The van der Waals surface area contributed by atoms with E-state index >= 15 is 0 Å². The van der Waals surface area contributed by atoms with Crippen LogP contribution >= 0.6 is 0 Å². The molecule has 110 valence electrons. The number of aromatic amines is 1. The molecular formula is C15H18N4O2. The van der Waals surface area contributed by atoms with Crippen molar-refractivity contribution in [3.8, 4) is 0 Å². The summed E-state index contributed by atoms with van der Waals surface area (Å²) in [5.74, 6) is -0.184.